The van der Waals surface area contributed by atoms with Crippen molar-refractivity contribution >= 4 is 5.57 Å². The van der Waals surface area contributed by atoms with Crippen molar-refractivity contribution in [2.75, 3.05) is 0 Å². The molecule has 1 heteroatoms. The van der Waals surface area contributed by atoms with Crippen molar-refractivity contribution in [1.82, 2.24) is 0 Å². The van der Waals surface area contributed by atoms with Crippen LogP contribution >= 0.6 is 0 Å². The number of alkyl halides is 1. The van der Waals surface area contributed by atoms with Crippen LogP contribution in [-0.4, -0.2) is 5.67 Å². The van der Waals surface area contributed by atoms with E-state index in [2.05, 4.69) is 24.8 Å². The van der Waals surface area contributed by atoms with Gasteiger partial charge >= 0.3 is 0 Å². The van der Waals surface area contributed by atoms with Crippen molar-refractivity contribution in [2.45, 2.75) is 44.2 Å². The van der Waals surface area contributed by atoms with Gasteiger partial charge in [-0.15, -0.1) is 6.58 Å². The number of hydrogen-bond acceptors (Lipinski definition) is 0. The number of hydrogen-bond donors (Lipinski definition) is 0. The van der Waals surface area contributed by atoms with E-state index in [1.807, 2.05) is 36.4 Å². The zero-order valence-corrected chi connectivity index (χ0v) is 13.2. The molecule has 0 nitrogen and oxygen atoms in total. The lowest BCUT2D eigenvalue weighted by molar-refractivity contribution is 0.0915. The normalized spacial score (nSPS) is 31.6. The van der Waals surface area contributed by atoms with E-state index in [1.165, 1.54) is 5.56 Å². The van der Waals surface area contributed by atoms with E-state index in [4.69, 9.17) is 0 Å². The topological polar surface area (TPSA) is 0 Å². The van der Waals surface area contributed by atoms with Gasteiger partial charge in [0.2, 0.25) is 0 Å². The van der Waals surface area contributed by atoms with E-state index in [-0.39, 0.29) is 5.92 Å². The van der Waals surface area contributed by atoms with Crippen molar-refractivity contribution in [3.8, 4) is 0 Å². The van der Waals surface area contributed by atoms with Gasteiger partial charge in [-0.05, 0) is 61.2 Å². The van der Waals surface area contributed by atoms with Gasteiger partial charge in [0, 0.05) is 6.42 Å². The lowest BCUT2D eigenvalue weighted by atomic mass is 9.71. The first kappa shape index (κ1) is 15.3. The van der Waals surface area contributed by atoms with Gasteiger partial charge in [0.1, 0.15) is 5.67 Å². The molecule has 0 saturated heterocycles. The SMILES string of the molecule is C=CCC1CCC(C2(F)C=CC(c3ccccc3)=CC2)CC1. The first-order chi connectivity index (χ1) is 10.7. The van der Waals surface area contributed by atoms with Crippen molar-refractivity contribution < 1.29 is 4.39 Å². The Morgan fingerprint density at radius 3 is 2.45 bits per heavy atom. The highest BCUT2D eigenvalue weighted by Gasteiger charge is 2.39. The summed E-state index contributed by atoms with van der Waals surface area (Å²) in [6.07, 6.45) is 13.8. The maximum absolute atomic E-state index is 15.3. The summed E-state index contributed by atoms with van der Waals surface area (Å²) in [5, 5.41) is 0. The molecule has 1 aromatic rings. The second-order valence-electron chi connectivity index (χ2n) is 6.73. The maximum atomic E-state index is 15.3. The maximum Gasteiger partial charge on any atom is 0.135 e. The van der Waals surface area contributed by atoms with E-state index in [0.717, 1.165) is 43.6 Å². The molecule has 1 atom stereocenters. The van der Waals surface area contributed by atoms with Crippen LogP contribution in [0.1, 0.15) is 44.1 Å². The molecule has 3 rings (SSSR count). The average molecular weight is 296 g/mol. The number of allylic oxidation sites excluding steroid dienone is 5. The summed E-state index contributed by atoms with van der Waals surface area (Å²) in [5.41, 5.74) is 1.18. The Morgan fingerprint density at radius 1 is 1.14 bits per heavy atom. The van der Waals surface area contributed by atoms with Crippen LogP contribution in [-0.2, 0) is 0 Å². The second-order valence-corrected chi connectivity index (χ2v) is 6.73. The minimum atomic E-state index is -1.14. The standard InChI is InChI=1S/C21H25F/c1-2-6-17-9-11-20(12-10-17)21(22)15-13-19(14-16-21)18-7-4-3-5-8-18/h2-5,7-8,13-15,17,20H,1,6,9-12,16H2. The predicted octanol–water partition coefficient (Wildman–Crippen LogP) is 6.12. The molecule has 22 heavy (non-hydrogen) atoms. The van der Waals surface area contributed by atoms with Gasteiger partial charge < -0.3 is 0 Å². The highest BCUT2D eigenvalue weighted by Crippen LogP contribution is 2.43. The van der Waals surface area contributed by atoms with Crippen LogP contribution < -0.4 is 0 Å². The predicted molar refractivity (Wildman–Crippen MR) is 92.3 cm³/mol. The molecule has 0 spiro atoms. The van der Waals surface area contributed by atoms with E-state index in [1.54, 1.807) is 0 Å². The molecule has 0 aromatic heterocycles. The smallest absolute Gasteiger partial charge is 0.135 e. The minimum absolute atomic E-state index is 0.179. The molecule has 116 valence electrons. The summed E-state index contributed by atoms with van der Waals surface area (Å²) >= 11 is 0. The van der Waals surface area contributed by atoms with E-state index >= 15 is 4.39 Å². The minimum Gasteiger partial charge on any atom is -0.239 e. The number of halogens is 1. The molecule has 2 aliphatic carbocycles. The summed E-state index contributed by atoms with van der Waals surface area (Å²) in [5.74, 6) is 0.902. The van der Waals surface area contributed by atoms with E-state index < -0.39 is 5.67 Å². The van der Waals surface area contributed by atoms with E-state index in [9.17, 15) is 0 Å². The van der Waals surface area contributed by atoms with Crippen LogP contribution in [0.2, 0.25) is 0 Å². The summed E-state index contributed by atoms with van der Waals surface area (Å²) in [6.45, 7) is 3.82. The highest BCUT2D eigenvalue weighted by atomic mass is 19.1. The Kier molecular flexibility index (Phi) is 4.61. The first-order valence-electron chi connectivity index (χ1n) is 8.46. The molecule has 0 bridgehead atoms. The number of rotatable bonds is 4. The Balaban J connectivity index is 1.64. The van der Waals surface area contributed by atoms with Gasteiger partial charge in [0.25, 0.3) is 0 Å². The lowest BCUT2D eigenvalue weighted by Crippen LogP contribution is -2.34. The monoisotopic (exact) mass is 296 g/mol. The molecular formula is C21H25F. The Morgan fingerprint density at radius 2 is 1.86 bits per heavy atom. The quantitative estimate of drug-likeness (QED) is 0.587. The fourth-order valence-electron chi connectivity index (χ4n) is 3.89. The lowest BCUT2D eigenvalue weighted by Gasteiger charge is -2.37. The zero-order valence-electron chi connectivity index (χ0n) is 13.2. The molecule has 0 heterocycles. The largest absolute Gasteiger partial charge is 0.239 e. The van der Waals surface area contributed by atoms with Crippen LogP contribution in [0.5, 0.6) is 0 Å². The van der Waals surface area contributed by atoms with Gasteiger partial charge in [0.15, 0.2) is 0 Å². The van der Waals surface area contributed by atoms with Gasteiger partial charge in [-0.25, -0.2) is 4.39 Å². The Hall–Kier alpha value is -1.63. The van der Waals surface area contributed by atoms with Crippen molar-refractivity contribution in [3.63, 3.8) is 0 Å². The second kappa shape index (κ2) is 6.64. The summed E-state index contributed by atoms with van der Waals surface area (Å²) < 4.78 is 15.3. The van der Waals surface area contributed by atoms with Crippen molar-refractivity contribution in [1.29, 1.82) is 0 Å². The van der Waals surface area contributed by atoms with Crippen LogP contribution in [0.15, 0.2) is 61.2 Å². The van der Waals surface area contributed by atoms with Crippen LogP contribution in [0.3, 0.4) is 0 Å². The zero-order chi connectivity index (χ0) is 15.4. The van der Waals surface area contributed by atoms with Gasteiger partial charge in [0.05, 0.1) is 0 Å². The average Bonchev–Trinajstić information content (AvgIpc) is 2.57. The van der Waals surface area contributed by atoms with Crippen molar-refractivity contribution in [3.05, 3.63) is 66.8 Å². The third-order valence-corrected chi connectivity index (χ3v) is 5.31. The molecule has 0 N–H and O–H groups in total. The van der Waals surface area contributed by atoms with Crippen LogP contribution in [0.4, 0.5) is 4.39 Å². The van der Waals surface area contributed by atoms with Gasteiger partial charge in [-0.3, -0.25) is 0 Å². The summed E-state index contributed by atoms with van der Waals surface area (Å²) in [7, 11) is 0. The fourth-order valence-corrected chi connectivity index (χ4v) is 3.89. The van der Waals surface area contributed by atoms with Crippen molar-refractivity contribution in [2.24, 2.45) is 11.8 Å². The summed E-state index contributed by atoms with van der Waals surface area (Å²) in [6, 6.07) is 10.2. The molecule has 1 aromatic carbocycles. The molecule has 2 aliphatic rings. The first-order valence-corrected chi connectivity index (χ1v) is 8.46. The molecule has 0 amide bonds. The molecule has 1 fully saturated rings. The molecular weight excluding hydrogens is 271 g/mol. The van der Waals surface area contributed by atoms with Gasteiger partial charge in [-0.1, -0.05) is 48.6 Å². The molecule has 0 aliphatic heterocycles. The molecule has 1 unspecified atom stereocenters. The third kappa shape index (κ3) is 3.24. The third-order valence-electron chi connectivity index (χ3n) is 5.31. The molecule has 0 radical (unpaired) electrons. The summed E-state index contributed by atoms with van der Waals surface area (Å²) in [4.78, 5) is 0. The Labute approximate surface area is 133 Å². The van der Waals surface area contributed by atoms with E-state index in [0.29, 0.717) is 6.42 Å². The van der Waals surface area contributed by atoms with Crippen LogP contribution in [0, 0.1) is 11.8 Å². The highest BCUT2D eigenvalue weighted by molar-refractivity contribution is 5.75. The van der Waals surface area contributed by atoms with Crippen LogP contribution in [0.25, 0.3) is 5.57 Å². The Bertz CT molecular complexity index is 561. The molecule has 1 saturated carbocycles. The fraction of sp³-hybridized carbons (Fsp3) is 0.429. The van der Waals surface area contributed by atoms with Gasteiger partial charge in [-0.2, -0.15) is 0 Å². The number of benzene rings is 1.